The number of halogens is 8. The van der Waals surface area contributed by atoms with Gasteiger partial charge in [0.1, 0.15) is 11.6 Å². The minimum absolute atomic E-state index is 0.0800. The normalized spacial score (nSPS) is 12.3. The summed E-state index contributed by atoms with van der Waals surface area (Å²) in [6.45, 7) is 3.46. The molecule has 9 heteroatoms. The molecule has 190 valence electrons. The average molecular weight is 512 g/mol. The second kappa shape index (κ2) is 11.4. The van der Waals surface area contributed by atoms with Crippen molar-refractivity contribution in [2.45, 2.75) is 32.0 Å². The third-order valence-electron chi connectivity index (χ3n) is 5.28. The molecule has 3 rings (SSSR count). The number of ether oxygens (including phenoxy) is 1. The molecular weight excluding hydrogens is 492 g/mol. The van der Waals surface area contributed by atoms with Gasteiger partial charge in [-0.2, -0.15) is 0 Å². The molecule has 0 fully saturated rings. The van der Waals surface area contributed by atoms with Crippen molar-refractivity contribution < 1.29 is 39.9 Å². The number of allylic oxidation sites excluding steroid dienone is 2. The van der Waals surface area contributed by atoms with Crippen LogP contribution in [0.2, 0.25) is 0 Å². The summed E-state index contributed by atoms with van der Waals surface area (Å²) in [5, 5.41) is 0. The van der Waals surface area contributed by atoms with Gasteiger partial charge in [0, 0.05) is 17.5 Å². The number of aryl methyl sites for hydroxylation is 2. The summed E-state index contributed by atoms with van der Waals surface area (Å²) >= 11 is 0. The summed E-state index contributed by atoms with van der Waals surface area (Å²) < 4.78 is 111. The summed E-state index contributed by atoms with van der Waals surface area (Å²) in [6, 6.07) is 11.2. The number of rotatable bonds is 9. The maximum Gasteiger partial charge on any atom is 0.573 e. The smallest absolute Gasteiger partial charge is 0.399 e. The second-order valence-electron chi connectivity index (χ2n) is 7.87. The van der Waals surface area contributed by atoms with Gasteiger partial charge in [0.15, 0.2) is 17.5 Å². The van der Waals surface area contributed by atoms with E-state index in [-0.39, 0.29) is 23.1 Å². The van der Waals surface area contributed by atoms with Crippen LogP contribution in [0.1, 0.15) is 29.5 Å². The lowest BCUT2D eigenvalue weighted by Gasteiger charge is -2.12. The summed E-state index contributed by atoms with van der Waals surface area (Å²) in [5.41, 5.74) is 0.920. The Bertz CT molecular complexity index is 1240. The Kier molecular flexibility index (Phi) is 8.55. The van der Waals surface area contributed by atoms with Crippen molar-refractivity contribution in [3.05, 3.63) is 107 Å². The number of alkyl halides is 3. The minimum Gasteiger partial charge on any atom is -0.399 e. The lowest BCUT2D eigenvalue weighted by Crippen LogP contribution is -2.19. The Morgan fingerprint density at radius 2 is 1.39 bits per heavy atom. The van der Waals surface area contributed by atoms with E-state index >= 15 is 0 Å². The largest absolute Gasteiger partial charge is 0.573 e. The van der Waals surface area contributed by atoms with Gasteiger partial charge in [-0.05, 0) is 54.2 Å². The van der Waals surface area contributed by atoms with E-state index in [1.807, 2.05) is 0 Å². The van der Waals surface area contributed by atoms with E-state index in [1.165, 1.54) is 30.3 Å². The first kappa shape index (κ1) is 27.0. The molecule has 0 saturated heterocycles. The van der Waals surface area contributed by atoms with Gasteiger partial charge in [-0.25, -0.2) is 22.0 Å². The van der Waals surface area contributed by atoms with Gasteiger partial charge in [-0.3, -0.25) is 0 Å². The number of benzene rings is 3. The fraction of sp³-hybridized carbons (Fsp3) is 0.185. The van der Waals surface area contributed by atoms with Gasteiger partial charge in [0.05, 0.1) is 0 Å². The van der Waals surface area contributed by atoms with Gasteiger partial charge < -0.3 is 4.74 Å². The summed E-state index contributed by atoms with van der Waals surface area (Å²) in [6.07, 6.45) is -2.76. The predicted octanol–water partition coefficient (Wildman–Crippen LogP) is 9.03. The molecule has 0 heterocycles. The molecule has 0 aromatic heterocycles. The summed E-state index contributed by atoms with van der Waals surface area (Å²) in [4.78, 5) is 0. The second-order valence-corrected chi connectivity index (χ2v) is 7.87. The quantitative estimate of drug-likeness (QED) is 0.205. The zero-order valence-corrected chi connectivity index (χ0v) is 18.7. The molecule has 1 nitrogen and oxygen atoms in total. The van der Waals surface area contributed by atoms with Crippen molar-refractivity contribution in [3.63, 3.8) is 0 Å². The van der Waals surface area contributed by atoms with E-state index in [0.717, 1.165) is 11.6 Å². The molecule has 0 amide bonds. The highest BCUT2D eigenvalue weighted by Gasteiger charge is 2.34. The number of hydrogen-bond acceptors (Lipinski definition) is 1. The predicted molar refractivity (Wildman–Crippen MR) is 121 cm³/mol. The molecule has 0 bridgehead atoms. The molecule has 0 saturated carbocycles. The molecule has 0 spiro atoms. The van der Waals surface area contributed by atoms with Gasteiger partial charge in [0.2, 0.25) is 5.75 Å². The van der Waals surface area contributed by atoms with Crippen molar-refractivity contribution in [3.8, 4) is 16.9 Å². The molecule has 0 radical (unpaired) electrons. The van der Waals surface area contributed by atoms with E-state index in [9.17, 15) is 35.1 Å². The summed E-state index contributed by atoms with van der Waals surface area (Å²) in [5.74, 6) is -7.49. The van der Waals surface area contributed by atoms with Crippen LogP contribution in [0, 0.1) is 17.5 Å². The lowest BCUT2D eigenvalue weighted by molar-refractivity contribution is -0.276. The van der Waals surface area contributed by atoms with Crippen LogP contribution in [0.15, 0.2) is 73.1 Å². The Hall–Kier alpha value is -3.62. The fourth-order valence-corrected chi connectivity index (χ4v) is 3.48. The van der Waals surface area contributed by atoms with Crippen LogP contribution in [0.25, 0.3) is 17.0 Å². The Morgan fingerprint density at radius 1 is 0.806 bits per heavy atom. The highest BCUT2D eigenvalue weighted by Crippen LogP contribution is 2.34. The molecule has 0 aliphatic heterocycles. The molecular formula is C27H20F8O. The molecule has 0 aliphatic rings. The fourth-order valence-electron chi connectivity index (χ4n) is 3.48. The Morgan fingerprint density at radius 3 is 1.94 bits per heavy atom. The van der Waals surface area contributed by atoms with Crippen molar-refractivity contribution in [1.29, 1.82) is 0 Å². The van der Waals surface area contributed by atoms with Gasteiger partial charge in [-0.15, -0.1) is 19.8 Å². The topological polar surface area (TPSA) is 9.23 Å². The van der Waals surface area contributed by atoms with E-state index in [1.54, 1.807) is 12.1 Å². The first-order valence-corrected chi connectivity index (χ1v) is 10.8. The van der Waals surface area contributed by atoms with Crippen LogP contribution in [-0.4, -0.2) is 6.36 Å². The molecule has 36 heavy (non-hydrogen) atoms. The van der Waals surface area contributed by atoms with Crippen LogP contribution < -0.4 is 4.74 Å². The first-order chi connectivity index (χ1) is 17.0. The minimum atomic E-state index is -5.29. The SMILES string of the molecule is C=CCC/C(F)=C(\F)c1ccc(CCc2ccc(-c3cc(F)c(OC(F)(F)F)c(F)c3)c(F)c2)cc1. The Labute approximate surface area is 202 Å². The zero-order chi connectivity index (χ0) is 26.5. The monoisotopic (exact) mass is 512 g/mol. The van der Waals surface area contributed by atoms with Gasteiger partial charge >= 0.3 is 6.36 Å². The van der Waals surface area contributed by atoms with E-state index < -0.39 is 41.2 Å². The third-order valence-corrected chi connectivity index (χ3v) is 5.28. The highest BCUT2D eigenvalue weighted by molar-refractivity contribution is 5.66. The van der Waals surface area contributed by atoms with Crippen molar-refractivity contribution >= 4 is 5.83 Å². The number of hydrogen-bond donors (Lipinski definition) is 0. The molecule has 0 aliphatic carbocycles. The van der Waals surface area contributed by atoms with Gasteiger partial charge in [0.25, 0.3) is 0 Å². The van der Waals surface area contributed by atoms with Crippen molar-refractivity contribution in [2.75, 3.05) is 0 Å². The van der Waals surface area contributed by atoms with Crippen molar-refractivity contribution in [1.82, 2.24) is 0 Å². The average Bonchev–Trinajstić information content (AvgIpc) is 2.82. The maximum atomic E-state index is 14.7. The van der Waals surface area contributed by atoms with Crippen LogP contribution >= 0.6 is 0 Å². The van der Waals surface area contributed by atoms with Crippen molar-refractivity contribution in [2.24, 2.45) is 0 Å². The van der Waals surface area contributed by atoms with Crippen LogP contribution in [0.4, 0.5) is 35.1 Å². The van der Waals surface area contributed by atoms with Crippen LogP contribution in [-0.2, 0) is 12.8 Å². The third kappa shape index (κ3) is 6.96. The molecule has 3 aromatic rings. The molecule has 3 aromatic carbocycles. The Balaban J connectivity index is 1.70. The maximum absolute atomic E-state index is 14.7. The molecule has 0 N–H and O–H groups in total. The standard InChI is InChI=1S/C27H20F8O/c1-2-3-4-21(28)25(32)18-10-7-16(8-11-18)5-6-17-9-12-20(22(29)13-17)19-14-23(30)26(24(31)15-19)36-27(33,34)35/h2,7-15H,1,3-6H2/b25-21+. The zero-order valence-electron chi connectivity index (χ0n) is 18.7. The lowest BCUT2D eigenvalue weighted by atomic mass is 9.99. The molecule has 0 unspecified atom stereocenters. The van der Waals surface area contributed by atoms with E-state index in [2.05, 4.69) is 11.3 Å². The summed E-state index contributed by atoms with van der Waals surface area (Å²) in [7, 11) is 0. The van der Waals surface area contributed by atoms with Crippen LogP contribution in [0.5, 0.6) is 5.75 Å². The highest BCUT2D eigenvalue weighted by atomic mass is 19.4. The van der Waals surface area contributed by atoms with Gasteiger partial charge in [-0.1, -0.05) is 42.5 Å². The first-order valence-electron chi connectivity index (χ1n) is 10.8. The van der Waals surface area contributed by atoms with Crippen LogP contribution in [0.3, 0.4) is 0 Å². The molecule has 0 atom stereocenters. The van der Waals surface area contributed by atoms with E-state index in [4.69, 9.17) is 0 Å². The van der Waals surface area contributed by atoms with E-state index in [0.29, 0.717) is 37.0 Å².